The van der Waals surface area contributed by atoms with Crippen molar-refractivity contribution in [2.45, 2.75) is 0 Å². The summed E-state index contributed by atoms with van der Waals surface area (Å²) in [6.45, 7) is 0.252. The van der Waals surface area contributed by atoms with Crippen molar-refractivity contribution in [3.8, 4) is 23.6 Å². The number of terminal acetylenes is 1. The number of anilines is 1. The molecule has 1 heterocycles. The fraction of sp³-hybridized carbons (Fsp3) is 0.133. The van der Waals surface area contributed by atoms with E-state index in [0.717, 1.165) is 5.56 Å². The van der Waals surface area contributed by atoms with Gasteiger partial charge in [-0.2, -0.15) is 0 Å². The maximum absolute atomic E-state index is 12.8. The number of carbonyl (C=O) groups excluding carboxylic acids is 1. The van der Waals surface area contributed by atoms with E-state index in [4.69, 9.17) is 6.42 Å². The number of rotatable bonds is 5. The summed E-state index contributed by atoms with van der Waals surface area (Å²) in [6.07, 6.45) is 5.03. The molecule has 5 nitrogen and oxygen atoms in total. The van der Waals surface area contributed by atoms with Gasteiger partial charge in [0.25, 0.3) is 0 Å². The van der Waals surface area contributed by atoms with Crippen molar-refractivity contribution in [2.75, 3.05) is 18.4 Å². The van der Waals surface area contributed by atoms with E-state index in [1.165, 1.54) is 12.1 Å². The zero-order valence-electron chi connectivity index (χ0n) is 11.1. The molecule has 0 fully saturated rings. The molecule has 106 valence electrons. The molecule has 1 aromatic carbocycles. The number of aromatic nitrogens is 2. The molecule has 0 radical (unpaired) electrons. The molecule has 2 rings (SSSR count). The number of hydrogen-bond donors (Lipinski definition) is 2. The Morgan fingerprint density at radius 3 is 2.57 bits per heavy atom. The zero-order chi connectivity index (χ0) is 15.1. The van der Waals surface area contributed by atoms with Crippen LogP contribution in [0, 0.1) is 18.2 Å². The van der Waals surface area contributed by atoms with Gasteiger partial charge < -0.3 is 10.6 Å². The maximum Gasteiger partial charge on any atom is 0.240 e. The summed E-state index contributed by atoms with van der Waals surface area (Å²) in [5, 5.41) is 13.3. The van der Waals surface area contributed by atoms with Gasteiger partial charge in [0.15, 0.2) is 0 Å². The molecule has 2 N–H and O–H groups in total. The highest BCUT2D eigenvalue weighted by Gasteiger charge is 2.03. The van der Waals surface area contributed by atoms with Crippen molar-refractivity contribution in [2.24, 2.45) is 0 Å². The van der Waals surface area contributed by atoms with Crippen molar-refractivity contribution in [1.29, 1.82) is 0 Å². The van der Waals surface area contributed by atoms with Gasteiger partial charge >= 0.3 is 0 Å². The molecule has 2 aromatic rings. The van der Waals surface area contributed by atoms with Crippen LogP contribution in [0.3, 0.4) is 0 Å². The first-order valence-corrected chi connectivity index (χ1v) is 6.23. The number of benzene rings is 1. The number of hydrogen-bond acceptors (Lipinski definition) is 4. The number of nitrogens with zero attached hydrogens (tertiary/aromatic N) is 2. The Balaban J connectivity index is 1.94. The van der Waals surface area contributed by atoms with Gasteiger partial charge in [0, 0.05) is 5.56 Å². The van der Waals surface area contributed by atoms with Gasteiger partial charge in [-0.05, 0) is 36.4 Å². The second kappa shape index (κ2) is 7.01. The molecule has 1 amide bonds. The van der Waals surface area contributed by atoms with Gasteiger partial charge in [0.05, 0.1) is 18.8 Å². The lowest BCUT2D eigenvalue weighted by molar-refractivity contribution is -0.119. The summed E-state index contributed by atoms with van der Waals surface area (Å²) < 4.78 is 12.8. The van der Waals surface area contributed by atoms with Crippen LogP contribution in [-0.4, -0.2) is 29.2 Å². The first-order chi connectivity index (χ1) is 10.2. The molecule has 0 atom stereocenters. The second-order valence-corrected chi connectivity index (χ2v) is 4.15. The van der Waals surface area contributed by atoms with Gasteiger partial charge in [-0.1, -0.05) is 5.92 Å². The third-order valence-electron chi connectivity index (χ3n) is 2.62. The molecule has 21 heavy (non-hydrogen) atoms. The molecule has 1 aromatic heterocycles. The van der Waals surface area contributed by atoms with E-state index in [1.54, 1.807) is 24.3 Å². The minimum atomic E-state index is -0.303. The summed E-state index contributed by atoms with van der Waals surface area (Å²) in [7, 11) is 0. The van der Waals surface area contributed by atoms with Gasteiger partial charge in [-0.15, -0.1) is 16.6 Å². The fourth-order valence-corrected chi connectivity index (χ4v) is 1.58. The quantitative estimate of drug-likeness (QED) is 0.815. The highest BCUT2D eigenvalue weighted by molar-refractivity contribution is 5.80. The Kier molecular flexibility index (Phi) is 4.83. The van der Waals surface area contributed by atoms with Crippen LogP contribution < -0.4 is 10.6 Å². The number of nitrogens with one attached hydrogen (secondary N) is 2. The maximum atomic E-state index is 12.8. The second-order valence-electron chi connectivity index (χ2n) is 4.15. The van der Waals surface area contributed by atoms with E-state index in [9.17, 15) is 9.18 Å². The van der Waals surface area contributed by atoms with Crippen molar-refractivity contribution in [3.63, 3.8) is 0 Å². The number of amides is 1. The number of carbonyl (C=O) groups is 1. The lowest BCUT2D eigenvalue weighted by Crippen LogP contribution is -2.30. The van der Waals surface area contributed by atoms with Crippen molar-refractivity contribution >= 4 is 11.7 Å². The third kappa shape index (κ3) is 4.28. The minimum absolute atomic E-state index is 0.0618. The normalized spacial score (nSPS) is 9.71. The molecular formula is C15H13FN4O. The summed E-state index contributed by atoms with van der Waals surface area (Å²) in [5.41, 5.74) is 1.39. The summed E-state index contributed by atoms with van der Waals surface area (Å²) in [5.74, 6) is 2.25. The molecule has 0 aliphatic carbocycles. The highest BCUT2D eigenvalue weighted by atomic mass is 19.1. The van der Waals surface area contributed by atoms with Crippen molar-refractivity contribution in [1.82, 2.24) is 15.5 Å². The topological polar surface area (TPSA) is 66.9 Å². The van der Waals surface area contributed by atoms with Gasteiger partial charge in [0.1, 0.15) is 11.6 Å². The zero-order valence-corrected chi connectivity index (χ0v) is 11.1. The number of halogens is 1. The Morgan fingerprint density at radius 1 is 1.19 bits per heavy atom. The van der Waals surface area contributed by atoms with Crippen molar-refractivity contribution < 1.29 is 9.18 Å². The largest absolute Gasteiger partial charge is 0.360 e. The Hall–Kier alpha value is -2.94. The average molecular weight is 284 g/mol. The smallest absolute Gasteiger partial charge is 0.240 e. The van der Waals surface area contributed by atoms with Crippen LogP contribution in [-0.2, 0) is 4.79 Å². The Labute approximate surface area is 121 Å². The fourth-order valence-electron chi connectivity index (χ4n) is 1.58. The van der Waals surface area contributed by atoms with Crippen LogP contribution in [0.15, 0.2) is 36.4 Å². The molecule has 0 unspecified atom stereocenters. The van der Waals surface area contributed by atoms with Crippen LogP contribution >= 0.6 is 0 Å². The molecule has 0 saturated carbocycles. The van der Waals surface area contributed by atoms with Gasteiger partial charge in [-0.3, -0.25) is 4.79 Å². The van der Waals surface area contributed by atoms with Crippen LogP contribution in [0.1, 0.15) is 0 Å². The molecule has 0 spiro atoms. The Morgan fingerprint density at radius 2 is 1.95 bits per heavy atom. The predicted molar refractivity (Wildman–Crippen MR) is 77.8 cm³/mol. The van der Waals surface area contributed by atoms with E-state index >= 15 is 0 Å². The minimum Gasteiger partial charge on any atom is -0.360 e. The van der Waals surface area contributed by atoms with E-state index in [-0.39, 0.29) is 24.8 Å². The molecule has 0 aliphatic heterocycles. The average Bonchev–Trinajstić information content (AvgIpc) is 2.52. The summed E-state index contributed by atoms with van der Waals surface area (Å²) in [6, 6.07) is 9.40. The summed E-state index contributed by atoms with van der Waals surface area (Å²) in [4.78, 5) is 11.3. The van der Waals surface area contributed by atoms with Gasteiger partial charge in [-0.25, -0.2) is 4.39 Å². The highest BCUT2D eigenvalue weighted by Crippen LogP contribution is 2.17. The molecular weight excluding hydrogens is 271 g/mol. The van der Waals surface area contributed by atoms with Crippen molar-refractivity contribution in [3.05, 3.63) is 42.2 Å². The van der Waals surface area contributed by atoms with Gasteiger partial charge in [0.2, 0.25) is 5.91 Å². The lowest BCUT2D eigenvalue weighted by Gasteiger charge is -2.05. The van der Waals surface area contributed by atoms with Crippen LogP contribution in [0.4, 0.5) is 10.2 Å². The predicted octanol–water partition coefficient (Wildman–Crippen LogP) is 1.44. The SMILES string of the molecule is C#CCNC(=O)CNc1ccc(-c2ccc(F)cc2)nn1. The van der Waals surface area contributed by atoms with Crippen LogP contribution in [0.25, 0.3) is 11.3 Å². The lowest BCUT2D eigenvalue weighted by atomic mass is 10.1. The Bertz CT molecular complexity index is 647. The van der Waals surface area contributed by atoms with E-state index < -0.39 is 0 Å². The van der Waals surface area contributed by atoms with Crippen LogP contribution in [0.2, 0.25) is 0 Å². The monoisotopic (exact) mass is 284 g/mol. The molecule has 0 bridgehead atoms. The molecule has 6 heteroatoms. The third-order valence-corrected chi connectivity index (χ3v) is 2.62. The standard InChI is InChI=1S/C15H13FN4O/c1-2-9-17-15(21)10-18-14-8-7-13(19-20-14)11-3-5-12(16)6-4-11/h1,3-8H,9-10H2,(H,17,21)(H,18,20). The first kappa shape index (κ1) is 14.5. The first-order valence-electron chi connectivity index (χ1n) is 6.23. The summed E-state index contributed by atoms with van der Waals surface area (Å²) >= 11 is 0. The van der Waals surface area contributed by atoms with E-state index in [2.05, 4.69) is 26.8 Å². The molecule has 0 aliphatic rings. The van der Waals surface area contributed by atoms with E-state index in [1.807, 2.05) is 0 Å². The van der Waals surface area contributed by atoms with Crippen LogP contribution in [0.5, 0.6) is 0 Å². The molecule has 0 saturated heterocycles. The van der Waals surface area contributed by atoms with E-state index in [0.29, 0.717) is 11.5 Å².